The number of carbonyl (C=O) groups is 2. The quantitative estimate of drug-likeness (QED) is 0.199. The number of benzene rings is 3. The van der Waals surface area contributed by atoms with E-state index in [0.29, 0.717) is 12.5 Å². The van der Waals surface area contributed by atoms with E-state index < -0.39 is 17.9 Å². The number of nitrogens with one attached hydrogen (secondary N) is 1. The normalized spacial score (nSPS) is 11.6. The number of esters is 1. The van der Waals surface area contributed by atoms with Gasteiger partial charge < -0.3 is 19.7 Å². The Kier molecular flexibility index (Phi) is 10.3. The third-order valence-electron chi connectivity index (χ3n) is 6.16. The number of nitrogens with zero attached hydrogens (tertiary/aromatic N) is 3. The van der Waals surface area contributed by atoms with Crippen molar-refractivity contribution >= 4 is 52.8 Å². The minimum absolute atomic E-state index is 0.103. The van der Waals surface area contributed by atoms with Crippen molar-refractivity contribution in [3.63, 3.8) is 0 Å². The largest absolute Gasteiger partial charge is 0.497 e. The summed E-state index contributed by atoms with van der Waals surface area (Å²) in [6.07, 6.45) is 7.26. The van der Waals surface area contributed by atoms with E-state index in [9.17, 15) is 9.59 Å². The Balaban J connectivity index is 1.47. The molecule has 0 aliphatic carbocycles. The highest BCUT2D eigenvalue weighted by molar-refractivity contribution is 6.39. The van der Waals surface area contributed by atoms with E-state index in [2.05, 4.69) is 15.3 Å². The van der Waals surface area contributed by atoms with Gasteiger partial charge in [0.25, 0.3) is 5.91 Å². The first-order chi connectivity index (χ1) is 19.9. The Morgan fingerprint density at radius 2 is 1.59 bits per heavy atom. The highest BCUT2D eigenvalue weighted by Crippen LogP contribution is 2.26. The smallest absolute Gasteiger partial charge is 0.328 e. The number of hydrogen-bond donors (Lipinski definition) is 1. The summed E-state index contributed by atoms with van der Waals surface area (Å²) < 4.78 is 10.2. The Labute approximate surface area is 248 Å². The topological polar surface area (TPSA) is 93.7 Å². The zero-order valence-electron chi connectivity index (χ0n) is 22.5. The second kappa shape index (κ2) is 14.3. The average molecular weight is 591 g/mol. The molecule has 4 aromatic rings. The summed E-state index contributed by atoms with van der Waals surface area (Å²) in [5.74, 6) is 0.211. The lowest BCUT2D eigenvalue weighted by Crippen LogP contribution is -2.41. The summed E-state index contributed by atoms with van der Waals surface area (Å²) in [6, 6.07) is 21.3. The Morgan fingerprint density at radius 1 is 0.927 bits per heavy atom. The van der Waals surface area contributed by atoms with Crippen LogP contribution in [0.25, 0.3) is 6.08 Å². The van der Waals surface area contributed by atoms with Crippen LogP contribution in [0.1, 0.15) is 27.9 Å². The van der Waals surface area contributed by atoms with Crippen molar-refractivity contribution in [1.82, 2.24) is 15.3 Å². The summed E-state index contributed by atoms with van der Waals surface area (Å²) in [5, 5.41) is 3.04. The number of halogens is 2. The first-order valence-electron chi connectivity index (χ1n) is 12.7. The van der Waals surface area contributed by atoms with Gasteiger partial charge in [-0.05, 0) is 60.0 Å². The molecule has 4 rings (SSSR count). The fourth-order valence-corrected chi connectivity index (χ4v) is 4.60. The van der Waals surface area contributed by atoms with Crippen LogP contribution in [0, 0.1) is 0 Å². The minimum atomic E-state index is -0.925. The molecule has 10 heteroatoms. The fourth-order valence-electron chi connectivity index (χ4n) is 4.03. The highest BCUT2D eigenvalue weighted by Gasteiger charge is 2.23. The fraction of sp³-hybridized carbons (Fsp3) is 0.161. The molecule has 0 aliphatic heterocycles. The lowest BCUT2D eigenvalue weighted by molar-refractivity contribution is -0.142. The maximum absolute atomic E-state index is 12.8. The number of hydrogen-bond acceptors (Lipinski definition) is 7. The standard InChI is InChI=1S/C31H28Cl2N4O4/c1-40-24-16-12-22(13-17-24)20-37(31-34-18-5-19-35-31)23-14-10-21(11-15-23)6-3-9-27(30(39)41-2)36-29(38)28-25(32)7-4-8-26(28)33/h3-8,10-19,27H,9,20H2,1-2H3,(H,36,38)/b6-3+. The van der Waals surface area contributed by atoms with Crippen LogP contribution in [-0.4, -0.2) is 42.1 Å². The Bertz CT molecular complexity index is 1480. The van der Waals surface area contributed by atoms with Crippen molar-refractivity contribution in [2.45, 2.75) is 19.0 Å². The van der Waals surface area contributed by atoms with E-state index in [-0.39, 0.29) is 22.0 Å². The van der Waals surface area contributed by atoms with Crippen molar-refractivity contribution < 1.29 is 19.1 Å². The summed E-state index contributed by atoms with van der Waals surface area (Å²) >= 11 is 12.3. The minimum Gasteiger partial charge on any atom is -0.497 e. The van der Waals surface area contributed by atoms with Crippen LogP contribution in [0.4, 0.5) is 11.6 Å². The van der Waals surface area contributed by atoms with Gasteiger partial charge in [-0.2, -0.15) is 0 Å². The number of anilines is 2. The van der Waals surface area contributed by atoms with Crippen molar-refractivity contribution in [2.75, 3.05) is 19.1 Å². The molecule has 0 aliphatic rings. The molecular weight excluding hydrogens is 563 g/mol. The molecule has 0 bridgehead atoms. The summed E-state index contributed by atoms with van der Waals surface area (Å²) in [6.45, 7) is 0.555. The molecule has 0 saturated heterocycles. The van der Waals surface area contributed by atoms with Gasteiger partial charge in [0.05, 0.1) is 36.4 Å². The molecule has 41 heavy (non-hydrogen) atoms. The van der Waals surface area contributed by atoms with Gasteiger partial charge in [-0.15, -0.1) is 0 Å². The molecule has 1 heterocycles. The van der Waals surface area contributed by atoms with E-state index in [0.717, 1.165) is 22.6 Å². The molecule has 1 unspecified atom stereocenters. The van der Waals surface area contributed by atoms with Crippen molar-refractivity contribution in [3.05, 3.63) is 118 Å². The van der Waals surface area contributed by atoms with Crippen LogP contribution in [0.15, 0.2) is 91.3 Å². The van der Waals surface area contributed by atoms with Gasteiger partial charge in [0.1, 0.15) is 11.8 Å². The molecule has 3 aromatic carbocycles. The molecule has 1 aromatic heterocycles. The van der Waals surface area contributed by atoms with Crippen LogP contribution in [0.5, 0.6) is 5.75 Å². The summed E-state index contributed by atoms with van der Waals surface area (Å²) in [4.78, 5) is 36.1. The molecule has 0 fully saturated rings. The van der Waals surface area contributed by atoms with Crippen LogP contribution >= 0.6 is 23.2 Å². The molecule has 0 spiro atoms. The SMILES string of the molecule is COC(=O)C(C/C=C/c1ccc(N(Cc2ccc(OC)cc2)c2ncccn2)cc1)NC(=O)c1c(Cl)cccc1Cl. The molecule has 1 N–H and O–H groups in total. The predicted octanol–water partition coefficient (Wildman–Crippen LogP) is 6.51. The zero-order chi connectivity index (χ0) is 29.2. The summed E-state index contributed by atoms with van der Waals surface area (Å²) in [7, 11) is 2.90. The zero-order valence-corrected chi connectivity index (χ0v) is 24.0. The molecule has 8 nitrogen and oxygen atoms in total. The van der Waals surface area contributed by atoms with Crippen LogP contribution in [0.2, 0.25) is 10.0 Å². The van der Waals surface area contributed by atoms with Gasteiger partial charge in [-0.1, -0.05) is 65.7 Å². The lowest BCUT2D eigenvalue weighted by atomic mass is 10.1. The molecule has 210 valence electrons. The van der Waals surface area contributed by atoms with Crippen molar-refractivity contribution in [3.8, 4) is 5.75 Å². The van der Waals surface area contributed by atoms with Gasteiger partial charge >= 0.3 is 5.97 Å². The van der Waals surface area contributed by atoms with Crippen LogP contribution in [0.3, 0.4) is 0 Å². The number of carbonyl (C=O) groups excluding carboxylic acids is 2. The molecule has 0 radical (unpaired) electrons. The van der Waals surface area contributed by atoms with E-state index in [1.807, 2.05) is 59.5 Å². The first kappa shape index (κ1) is 29.6. The van der Waals surface area contributed by atoms with Gasteiger partial charge in [0.15, 0.2) is 0 Å². The molecule has 1 amide bonds. The van der Waals surface area contributed by atoms with E-state index >= 15 is 0 Å². The number of aromatic nitrogens is 2. The molecule has 1 atom stereocenters. The number of rotatable bonds is 11. The Hall–Kier alpha value is -4.40. The third-order valence-corrected chi connectivity index (χ3v) is 6.79. The van der Waals surface area contributed by atoms with Crippen LogP contribution < -0.4 is 15.0 Å². The maximum atomic E-state index is 12.8. The third kappa shape index (κ3) is 7.84. The monoisotopic (exact) mass is 590 g/mol. The molecular formula is C31H28Cl2N4O4. The summed E-state index contributed by atoms with van der Waals surface area (Å²) in [5.41, 5.74) is 2.97. The van der Waals surface area contributed by atoms with Crippen LogP contribution in [-0.2, 0) is 16.1 Å². The Morgan fingerprint density at radius 3 is 2.20 bits per heavy atom. The average Bonchev–Trinajstić information content (AvgIpc) is 3.00. The van der Waals surface area contributed by atoms with E-state index in [4.69, 9.17) is 32.7 Å². The number of amides is 1. The number of methoxy groups -OCH3 is 2. The predicted molar refractivity (Wildman–Crippen MR) is 161 cm³/mol. The van der Waals surface area contributed by atoms with Crippen molar-refractivity contribution in [1.29, 1.82) is 0 Å². The number of ether oxygens (including phenoxy) is 2. The lowest BCUT2D eigenvalue weighted by Gasteiger charge is -2.23. The first-order valence-corrected chi connectivity index (χ1v) is 13.4. The van der Waals surface area contributed by atoms with Gasteiger partial charge in [-0.3, -0.25) is 4.79 Å². The second-order valence-electron chi connectivity index (χ2n) is 8.86. The van der Waals surface area contributed by atoms with Gasteiger partial charge in [-0.25, -0.2) is 14.8 Å². The van der Waals surface area contributed by atoms with Crippen molar-refractivity contribution in [2.24, 2.45) is 0 Å². The van der Waals surface area contributed by atoms with Gasteiger partial charge in [0, 0.05) is 18.1 Å². The highest BCUT2D eigenvalue weighted by atomic mass is 35.5. The second-order valence-corrected chi connectivity index (χ2v) is 9.67. The van der Waals surface area contributed by atoms with Gasteiger partial charge in [0.2, 0.25) is 5.95 Å². The van der Waals surface area contributed by atoms with E-state index in [1.54, 1.807) is 49.8 Å². The maximum Gasteiger partial charge on any atom is 0.328 e. The molecule has 0 saturated carbocycles. The van der Waals surface area contributed by atoms with E-state index in [1.165, 1.54) is 7.11 Å².